The lowest BCUT2D eigenvalue weighted by Crippen LogP contribution is -2.56. The standard InChI is InChI=1S/C29H33N3O2Si/c1-18(2)35(19(3)4,20(5)6)16-15-22-17-21-11-10-13-24-26(21)32(22)28(34)31(7)29(24)23-12-8-9-14-25(23)30-27(29)33/h8-14,17-20H,1-7H3,(H,30,33). The van der Waals surface area contributed by atoms with Crippen LogP contribution in [0.25, 0.3) is 10.9 Å². The highest BCUT2D eigenvalue weighted by atomic mass is 28.3. The molecule has 0 fully saturated rings. The minimum Gasteiger partial charge on any atom is -0.323 e. The fourth-order valence-electron chi connectivity index (χ4n) is 6.76. The maximum absolute atomic E-state index is 14.0. The van der Waals surface area contributed by atoms with Gasteiger partial charge in [-0.2, -0.15) is 0 Å². The Hall–Kier alpha value is -3.30. The van der Waals surface area contributed by atoms with Crippen molar-refractivity contribution in [2.75, 3.05) is 12.4 Å². The van der Waals surface area contributed by atoms with Crippen LogP contribution < -0.4 is 5.32 Å². The van der Waals surface area contributed by atoms with Gasteiger partial charge in [0.15, 0.2) is 5.54 Å². The lowest BCUT2D eigenvalue weighted by Gasteiger charge is -2.41. The molecule has 0 bridgehead atoms. The van der Waals surface area contributed by atoms with Crippen LogP contribution in [0, 0.1) is 11.5 Å². The average molecular weight is 484 g/mol. The quantitative estimate of drug-likeness (QED) is 0.350. The second-order valence-electron chi connectivity index (χ2n) is 10.8. The van der Waals surface area contributed by atoms with Gasteiger partial charge in [0.2, 0.25) is 0 Å². The van der Waals surface area contributed by atoms with Crippen molar-refractivity contribution in [2.24, 2.45) is 0 Å². The maximum atomic E-state index is 14.0. The van der Waals surface area contributed by atoms with Crippen molar-refractivity contribution in [1.29, 1.82) is 0 Å². The summed E-state index contributed by atoms with van der Waals surface area (Å²) in [6.07, 6.45) is 0. The first-order valence-corrected chi connectivity index (χ1v) is 14.7. The van der Waals surface area contributed by atoms with Crippen LogP contribution >= 0.6 is 0 Å². The van der Waals surface area contributed by atoms with Crippen LogP contribution in [0.2, 0.25) is 16.6 Å². The van der Waals surface area contributed by atoms with Gasteiger partial charge in [-0.1, -0.05) is 83.9 Å². The summed E-state index contributed by atoms with van der Waals surface area (Å²) in [5.41, 5.74) is 7.90. The molecule has 3 heterocycles. The SMILES string of the molecule is CC(C)[Si](C#Cc1cc2cccc3c2n1C(=O)N(C)C31C(=O)Nc2ccccc21)(C(C)C)C(C)C. The summed E-state index contributed by atoms with van der Waals surface area (Å²) in [6, 6.07) is 15.3. The number of carbonyl (C=O) groups is 2. The van der Waals surface area contributed by atoms with Crippen molar-refractivity contribution in [3.8, 4) is 11.5 Å². The normalized spacial score (nSPS) is 19.1. The van der Waals surface area contributed by atoms with Crippen LogP contribution in [0.15, 0.2) is 48.5 Å². The Morgan fingerprint density at radius 1 is 0.886 bits per heavy atom. The van der Waals surface area contributed by atoms with Gasteiger partial charge in [0.1, 0.15) is 13.8 Å². The summed E-state index contributed by atoms with van der Waals surface area (Å²) in [4.78, 5) is 29.1. The maximum Gasteiger partial charge on any atom is 0.330 e. The Bertz CT molecular complexity index is 1420. The molecule has 0 aliphatic carbocycles. The molecule has 3 aromatic rings. The number of fused-ring (bicyclic) bond motifs is 3. The van der Waals surface area contributed by atoms with Gasteiger partial charge in [-0.3, -0.25) is 9.36 Å². The van der Waals surface area contributed by atoms with Gasteiger partial charge in [0.05, 0.1) is 5.52 Å². The van der Waals surface area contributed by atoms with E-state index in [0.29, 0.717) is 22.3 Å². The Kier molecular flexibility index (Phi) is 5.26. The number of hydrogen-bond acceptors (Lipinski definition) is 2. The van der Waals surface area contributed by atoms with Gasteiger partial charge >= 0.3 is 6.03 Å². The van der Waals surface area contributed by atoms with Gasteiger partial charge in [0, 0.05) is 29.2 Å². The first-order valence-electron chi connectivity index (χ1n) is 12.5. The number of para-hydroxylation sites is 2. The molecule has 2 aliphatic heterocycles. The summed E-state index contributed by atoms with van der Waals surface area (Å²) >= 11 is 0. The van der Waals surface area contributed by atoms with Crippen molar-refractivity contribution >= 4 is 36.6 Å². The molecule has 35 heavy (non-hydrogen) atoms. The van der Waals surface area contributed by atoms with Crippen LogP contribution in [0.3, 0.4) is 0 Å². The number of nitrogens with zero attached hydrogens (tertiary/aromatic N) is 2. The van der Waals surface area contributed by atoms with Crippen molar-refractivity contribution < 1.29 is 9.59 Å². The number of aromatic nitrogens is 1. The molecule has 1 spiro atoms. The van der Waals surface area contributed by atoms with E-state index in [4.69, 9.17) is 0 Å². The Morgan fingerprint density at radius 3 is 2.17 bits per heavy atom. The molecule has 2 aromatic carbocycles. The zero-order valence-corrected chi connectivity index (χ0v) is 22.6. The molecule has 1 atom stereocenters. The second kappa shape index (κ2) is 7.86. The molecular weight excluding hydrogens is 450 g/mol. The highest BCUT2D eigenvalue weighted by Gasteiger charge is 2.57. The Balaban J connectivity index is 1.80. The number of anilines is 1. The van der Waals surface area contributed by atoms with E-state index in [1.165, 1.54) is 0 Å². The van der Waals surface area contributed by atoms with E-state index in [2.05, 4.69) is 58.3 Å². The molecule has 1 unspecified atom stereocenters. The second-order valence-corrected chi connectivity index (χ2v) is 16.4. The molecule has 2 aliphatic rings. The number of carbonyl (C=O) groups excluding carboxylic acids is 2. The summed E-state index contributed by atoms with van der Waals surface area (Å²) < 4.78 is 1.72. The van der Waals surface area contributed by atoms with Crippen LogP contribution in [-0.4, -0.2) is 36.5 Å². The van der Waals surface area contributed by atoms with Gasteiger partial charge in [-0.05, 0) is 28.8 Å². The third-order valence-electron chi connectivity index (χ3n) is 8.36. The largest absolute Gasteiger partial charge is 0.330 e. The third kappa shape index (κ3) is 2.88. The van der Waals surface area contributed by atoms with E-state index >= 15 is 0 Å². The van der Waals surface area contributed by atoms with Crippen molar-refractivity contribution in [3.05, 3.63) is 65.4 Å². The van der Waals surface area contributed by atoms with E-state index in [1.54, 1.807) is 16.5 Å². The van der Waals surface area contributed by atoms with Gasteiger partial charge in [0.25, 0.3) is 5.91 Å². The predicted molar refractivity (Wildman–Crippen MR) is 144 cm³/mol. The number of benzene rings is 2. The van der Waals surface area contributed by atoms with Crippen LogP contribution in [0.5, 0.6) is 0 Å². The molecule has 0 saturated carbocycles. The fraction of sp³-hybridized carbons (Fsp3) is 0.379. The number of hydrogen-bond donors (Lipinski definition) is 1. The van der Waals surface area contributed by atoms with Crippen molar-refractivity contribution in [1.82, 2.24) is 9.47 Å². The minimum absolute atomic E-state index is 0.201. The van der Waals surface area contributed by atoms with Gasteiger partial charge in [-0.15, -0.1) is 5.54 Å². The molecule has 180 valence electrons. The topological polar surface area (TPSA) is 54.3 Å². The molecule has 1 aromatic heterocycles. The molecule has 6 heteroatoms. The lowest BCUT2D eigenvalue weighted by atomic mass is 9.80. The smallest absolute Gasteiger partial charge is 0.323 e. The van der Waals surface area contributed by atoms with E-state index in [1.807, 2.05) is 48.5 Å². The summed E-state index contributed by atoms with van der Waals surface area (Å²) in [5, 5.41) is 3.93. The summed E-state index contributed by atoms with van der Waals surface area (Å²) in [5.74, 6) is 3.29. The molecule has 5 rings (SSSR count). The van der Waals surface area contributed by atoms with E-state index in [-0.39, 0.29) is 11.9 Å². The highest BCUT2D eigenvalue weighted by Crippen LogP contribution is 2.49. The zero-order chi connectivity index (χ0) is 25.3. The van der Waals surface area contributed by atoms with Crippen molar-refractivity contribution in [2.45, 2.75) is 63.7 Å². The van der Waals surface area contributed by atoms with E-state index < -0.39 is 13.6 Å². The number of likely N-dealkylation sites (N-methyl/N-ethyl adjacent to an activating group) is 1. The predicted octanol–water partition coefficient (Wildman–Crippen LogP) is 6.32. The average Bonchev–Trinajstić information content (AvgIpc) is 3.32. The van der Waals surface area contributed by atoms with Crippen LogP contribution in [-0.2, 0) is 10.3 Å². The third-order valence-corrected chi connectivity index (χ3v) is 14.7. The summed E-state index contributed by atoms with van der Waals surface area (Å²) in [7, 11) is -0.263. The van der Waals surface area contributed by atoms with Crippen LogP contribution in [0.1, 0.15) is 58.4 Å². The van der Waals surface area contributed by atoms with Gasteiger partial charge in [-0.25, -0.2) is 4.79 Å². The molecule has 1 N–H and O–H groups in total. The molecule has 5 nitrogen and oxygen atoms in total. The molecule has 0 saturated heterocycles. The van der Waals surface area contributed by atoms with E-state index in [9.17, 15) is 9.59 Å². The Labute approximate surface area is 208 Å². The van der Waals surface area contributed by atoms with Crippen LogP contribution in [0.4, 0.5) is 10.5 Å². The van der Waals surface area contributed by atoms with Crippen molar-refractivity contribution in [3.63, 3.8) is 0 Å². The Morgan fingerprint density at radius 2 is 1.51 bits per heavy atom. The molecular formula is C29H33N3O2Si. The minimum atomic E-state index is -1.98. The molecule has 2 amide bonds. The number of nitrogens with one attached hydrogen (secondary N) is 1. The van der Waals surface area contributed by atoms with Gasteiger partial charge < -0.3 is 10.2 Å². The monoisotopic (exact) mass is 483 g/mol. The van der Waals surface area contributed by atoms with E-state index in [0.717, 1.165) is 27.7 Å². The first kappa shape index (κ1) is 23.4. The lowest BCUT2D eigenvalue weighted by molar-refractivity contribution is -0.123. The first-order chi connectivity index (χ1) is 16.6. The zero-order valence-electron chi connectivity index (χ0n) is 21.6. The fourth-order valence-corrected chi connectivity index (χ4v) is 12.0. The highest BCUT2D eigenvalue weighted by molar-refractivity contribution is 6.90. The molecule has 0 radical (unpaired) electrons. The number of amides is 2. The number of rotatable bonds is 3. The summed E-state index contributed by atoms with van der Waals surface area (Å²) in [6.45, 7) is 13.7.